The zero-order chi connectivity index (χ0) is 18.1. The number of hydrogen-bond acceptors (Lipinski definition) is 4. The molecule has 0 saturated heterocycles. The lowest BCUT2D eigenvalue weighted by atomic mass is 9.82. The van der Waals surface area contributed by atoms with Crippen LogP contribution in [0.4, 0.5) is 0 Å². The highest BCUT2D eigenvalue weighted by atomic mass is 16.5. The number of hydrogen-bond donors (Lipinski definition) is 0. The second-order valence-electron chi connectivity index (χ2n) is 5.81. The lowest BCUT2D eigenvalue weighted by molar-refractivity contribution is -0.145. The molecular weight excluding hydrogens is 316 g/mol. The van der Waals surface area contributed by atoms with Crippen LogP contribution >= 0.6 is 0 Å². The van der Waals surface area contributed by atoms with E-state index in [-0.39, 0.29) is 24.6 Å². The smallest absolute Gasteiger partial charge is 0.305 e. The molecule has 0 heterocycles. The second kappa shape index (κ2) is 9.14. The van der Waals surface area contributed by atoms with Gasteiger partial charge in [-0.15, -0.1) is 0 Å². The standard InChI is InChI=1S/C21H24O4/c1-3-16-25-19(22)14-15-21(24-2,18-12-8-5-9-13-18)20(23)17-10-6-4-7-11-17/h4-13H,3,14-16H2,1-2H3. The third-order valence-corrected chi connectivity index (χ3v) is 4.14. The Morgan fingerprint density at radius 3 is 2.12 bits per heavy atom. The van der Waals surface area contributed by atoms with Gasteiger partial charge >= 0.3 is 5.97 Å². The van der Waals surface area contributed by atoms with Crippen molar-refractivity contribution in [3.63, 3.8) is 0 Å². The van der Waals surface area contributed by atoms with E-state index in [0.29, 0.717) is 12.2 Å². The van der Waals surface area contributed by atoms with Gasteiger partial charge in [-0.05, 0) is 18.4 Å². The SMILES string of the molecule is CCCOC(=O)CCC(OC)(C(=O)c1ccccc1)c1ccccc1. The molecule has 1 unspecified atom stereocenters. The minimum Gasteiger partial charge on any atom is -0.466 e. The molecule has 132 valence electrons. The quantitative estimate of drug-likeness (QED) is 0.508. The monoisotopic (exact) mass is 340 g/mol. The van der Waals surface area contributed by atoms with Crippen LogP contribution in [-0.4, -0.2) is 25.5 Å². The van der Waals surface area contributed by atoms with Crippen molar-refractivity contribution in [2.75, 3.05) is 13.7 Å². The molecule has 0 aliphatic carbocycles. The third-order valence-electron chi connectivity index (χ3n) is 4.14. The molecule has 0 aliphatic heterocycles. The Morgan fingerprint density at radius 2 is 1.56 bits per heavy atom. The summed E-state index contributed by atoms with van der Waals surface area (Å²) < 4.78 is 10.9. The van der Waals surface area contributed by atoms with E-state index in [0.717, 1.165) is 12.0 Å². The Balaban J connectivity index is 2.33. The van der Waals surface area contributed by atoms with Crippen LogP contribution in [0.15, 0.2) is 60.7 Å². The number of esters is 1. The van der Waals surface area contributed by atoms with Crippen molar-refractivity contribution in [2.24, 2.45) is 0 Å². The lowest BCUT2D eigenvalue weighted by Crippen LogP contribution is -2.38. The molecule has 0 spiro atoms. The predicted molar refractivity (Wildman–Crippen MR) is 96.4 cm³/mol. The van der Waals surface area contributed by atoms with Crippen LogP contribution in [0.5, 0.6) is 0 Å². The molecule has 0 aromatic heterocycles. The number of carbonyl (C=O) groups is 2. The number of ketones is 1. The van der Waals surface area contributed by atoms with E-state index < -0.39 is 5.60 Å². The second-order valence-corrected chi connectivity index (χ2v) is 5.81. The van der Waals surface area contributed by atoms with Gasteiger partial charge in [-0.25, -0.2) is 0 Å². The molecule has 0 N–H and O–H groups in total. The number of ether oxygens (including phenoxy) is 2. The lowest BCUT2D eigenvalue weighted by Gasteiger charge is -2.31. The summed E-state index contributed by atoms with van der Waals surface area (Å²) in [6.07, 6.45) is 1.11. The van der Waals surface area contributed by atoms with Crippen molar-refractivity contribution in [1.29, 1.82) is 0 Å². The van der Waals surface area contributed by atoms with E-state index in [1.54, 1.807) is 12.1 Å². The molecule has 2 aromatic rings. The van der Waals surface area contributed by atoms with Gasteiger partial charge < -0.3 is 9.47 Å². The Bertz CT molecular complexity index is 682. The largest absolute Gasteiger partial charge is 0.466 e. The summed E-state index contributed by atoms with van der Waals surface area (Å²) in [5.41, 5.74) is 0.0678. The minimum atomic E-state index is -1.21. The van der Waals surface area contributed by atoms with E-state index in [4.69, 9.17) is 9.47 Å². The number of rotatable bonds is 9. The zero-order valence-electron chi connectivity index (χ0n) is 14.7. The highest BCUT2D eigenvalue weighted by Gasteiger charge is 2.41. The predicted octanol–water partition coefficient (Wildman–Crippen LogP) is 4.14. The van der Waals surface area contributed by atoms with Crippen molar-refractivity contribution in [3.05, 3.63) is 71.8 Å². The molecule has 4 heteroatoms. The average molecular weight is 340 g/mol. The summed E-state index contributed by atoms with van der Waals surface area (Å²) in [7, 11) is 1.51. The van der Waals surface area contributed by atoms with Crippen molar-refractivity contribution in [3.8, 4) is 0 Å². The first-order valence-corrected chi connectivity index (χ1v) is 8.50. The molecule has 4 nitrogen and oxygen atoms in total. The molecule has 1 atom stereocenters. The van der Waals surface area contributed by atoms with Gasteiger partial charge in [-0.3, -0.25) is 9.59 Å². The van der Waals surface area contributed by atoms with Crippen LogP contribution in [-0.2, 0) is 19.9 Å². The topological polar surface area (TPSA) is 52.6 Å². The van der Waals surface area contributed by atoms with E-state index in [2.05, 4.69) is 0 Å². The normalized spacial score (nSPS) is 13.0. The van der Waals surface area contributed by atoms with Gasteiger partial charge in [0.2, 0.25) is 0 Å². The Labute approximate surface area is 148 Å². The molecule has 0 aliphatic rings. The van der Waals surface area contributed by atoms with E-state index in [9.17, 15) is 9.59 Å². The Kier molecular flexibility index (Phi) is 6.90. The van der Waals surface area contributed by atoms with Crippen molar-refractivity contribution in [1.82, 2.24) is 0 Å². The fourth-order valence-electron chi connectivity index (χ4n) is 2.80. The summed E-state index contributed by atoms with van der Waals surface area (Å²) in [5, 5.41) is 0. The number of carbonyl (C=O) groups excluding carboxylic acids is 2. The molecule has 0 amide bonds. The molecule has 0 fully saturated rings. The molecule has 2 aromatic carbocycles. The number of benzene rings is 2. The number of Topliss-reactive ketones (excluding diaryl/α,β-unsaturated/α-hetero) is 1. The number of methoxy groups -OCH3 is 1. The first-order chi connectivity index (χ1) is 12.1. The average Bonchev–Trinajstić information content (AvgIpc) is 2.68. The van der Waals surface area contributed by atoms with Crippen LogP contribution in [0.2, 0.25) is 0 Å². The Morgan fingerprint density at radius 1 is 0.960 bits per heavy atom. The van der Waals surface area contributed by atoms with Crippen LogP contribution in [0.3, 0.4) is 0 Å². The summed E-state index contributed by atoms with van der Waals surface area (Å²) in [6, 6.07) is 18.3. The molecule has 0 saturated carbocycles. The van der Waals surface area contributed by atoms with Crippen molar-refractivity contribution < 1.29 is 19.1 Å². The van der Waals surface area contributed by atoms with Crippen LogP contribution in [0.1, 0.15) is 42.1 Å². The maximum absolute atomic E-state index is 13.2. The molecular formula is C21H24O4. The van der Waals surface area contributed by atoms with Crippen LogP contribution in [0.25, 0.3) is 0 Å². The summed E-state index contributed by atoms with van der Waals surface area (Å²) in [4.78, 5) is 25.2. The van der Waals surface area contributed by atoms with Gasteiger partial charge in [0.1, 0.15) is 0 Å². The highest BCUT2D eigenvalue weighted by molar-refractivity contribution is 6.03. The maximum Gasteiger partial charge on any atom is 0.305 e. The van der Waals surface area contributed by atoms with Gasteiger partial charge in [0.05, 0.1) is 6.61 Å². The van der Waals surface area contributed by atoms with E-state index >= 15 is 0 Å². The van der Waals surface area contributed by atoms with Crippen LogP contribution in [0, 0.1) is 0 Å². The zero-order valence-corrected chi connectivity index (χ0v) is 14.7. The first kappa shape index (κ1) is 18.9. The molecule has 0 radical (unpaired) electrons. The summed E-state index contributed by atoms with van der Waals surface area (Å²) >= 11 is 0. The van der Waals surface area contributed by atoms with E-state index in [1.807, 2.05) is 55.5 Å². The van der Waals surface area contributed by atoms with Gasteiger partial charge in [0.25, 0.3) is 0 Å². The highest BCUT2D eigenvalue weighted by Crippen LogP contribution is 2.34. The third kappa shape index (κ3) is 4.54. The first-order valence-electron chi connectivity index (χ1n) is 8.50. The van der Waals surface area contributed by atoms with Gasteiger partial charge in [-0.2, -0.15) is 0 Å². The van der Waals surface area contributed by atoms with Gasteiger partial charge in [-0.1, -0.05) is 67.6 Å². The summed E-state index contributed by atoms with van der Waals surface area (Å²) in [5.74, 6) is -0.481. The molecule has 25 heavy (non-hydrogen) atoms. The van der Waals surface area contributed by atoms with Gasteiger partial charge in [0.15, 0.2) is 11.4 Å². The van der Waals surface area contributed by atoms with Crippen molar-refractivity contribution >= 4 is 11.8 Å². The molecule has 2 rings (SSSR count). The van der Waals surface area contributed by atoms with Gasteiger partial charge in [0, 0.05) is 19.1 Å². The fourth-order valence-corrected chi connectivity index (χ4v) is 2.80. The Hall–Kier alpha value is -2.46. The van der Waals surface area contributed by atoms with Crippen molar-refractivity contribution in [2.45, 2.75) is 31.8 Å². The van der Waals surface area contributed by atoms with Crippen LogP contribution < -0.4 is 0 Å². The molecule has 0 bridgehead atoms. The fraction of sp³-hybridized carbons (Fsp3) is 0.333. The minimum absolute atomic E-state index is 0.112. The summed E-state index contributed by atoms with van der Waals surface area (Å²) in [6.45, 7) is 2.33. The van der Waals surface area contributed by atoms with E-state index in [1.165, 1.54) is 7.11 Å². The maximum atomic E-state index is 13.2.